The van der Waals surface area contributed by atoms with Crippen molar-refractivity contribution in [2.45, 2.75) is 6.92 Å². The van der Waals surface area contributed by atoms with Gasteiger partial charge in [-0.2, -0.15) is 15.0 Å². The topological polar surface area (TPSA) is 75.6 Å². The second-order valence-electron chi connectivity index (χ2n) is 6.94. The molecule has 0 saturated carbocycles. The van der Waals surface area contributed by atoms with Gasteiger partial charge in [0.05, 0.1) is 10.2 Å². The number of fused-ring (bicyclic) bond motifs is 1. The van der Waals surface area contributed by atoms with E-state index in [2.05, 4.69) is 50.7 Å². The number of aryl methyl sites for hydroxylation is 1. The Balaban J connectivity index is 1.35. The van der Waals surface area contributed by atoms with E-state index in [0.717, 1.165) is 27.5 Å². The summed E-state index contributed by atoms with van der Waals surface area (Å²) in [6.07, 6.45) is 0. The molecule has 0 saturated heterocycles. The van der Waals surface area contributed by atoms with Gasteiger partial charge in [-0.3, -0.25) is 0 Å². The Morgan fingerprint density at radius 1 is 0.742 bits per heavy atom. The summed E-state index contributed by atoms with van der Waals surface area (Å²) in [6, 6.07) is 23.9. The lowest BCUT2D eigenvalue weighted by atomic mass is 10.2. The molecule has 31 heavy (non-hydrogen) atoms. The van der Waals surface area contributed by atoms with E-state index in [1.54, 1.807) is 11.3 Å². The number of rotatable bonds is 5. The molecule has 2 heterocycles. The number of hydrogen-bond acceptors (Lipinski definition) is 7. The summed E-state index contributed by atoms with van der Waals surface area (Å²) in [7, 11) is 0. The third kappa shape index (κ3) is 4.47. The fourth-order valence-corrected chi connectivity index (χ4v) is 4.32. The zero-order chi connectivity index (χ0) is 21.2. The van der Waals surface area contributed by atoms with Gasteiger partial charge in [-0.05, 0) is 72.6 Å². The lowest BCUT2D eigenvalue weighted by molar-refractivity contribution is 1.06. The van der Waals surface area contributed by atoms with Crippen LogP contribution in [0.1, 0.15) is 5.56 Å². The molecule has 0 bridgehead atoms. The van der Waals surface area contributed by atoms with Crippen LogP contribution in [-0.2, 0) is 0 Å². The van der Waals surface area contributed by atoms with Crippen LogP contribution < -0.4 is 10.6 Å². The average Bonchev–Trinajstić information content (AvgIpc) is 3.18. The SMILES string of the molecule is Cc1ccc2nc(-c3ccc(Nc4nc(Cl)nc(Nc5ccccc5)n4)cc3)sc2c1. The maximum Gasteiger partial charge on any atom is 0.233 e. The van der Waals surface area contributed by atoms with Crippen LogP contribution in [-0.4, -0.2) is 19.9 Å². The Morgan fingerprint density at radius 3 is 2.13 bits per heavy atom. The fraction of sp³-hybridized carbons (Fsp3) is 0.0435. The van der Waals surface area contributed by atoms with Crippen molar-refractivity contribution >= 4 is 56.4 Å². The zero-order valence-corrected chi connectivity index (χ0v) is 18.1. The number of benzene rings is 3. The van der Waals surface area contributed by atoms with Crippen molar-refractivity contribution in [2.24, 2.45) is 0 Å². The Morgan fingerprint density at radius 2 is 1.42 bits per heavy atom. The van der Waals surface area contributed by atoms with Crippen LogP contribution in [0.4, 0.5) is 23.3 Å². The van der Waals surface area contributed by atoms with E-state index < -0.39 is 0 Å². The number of hydrogen-bond donors (Lipinski definition) is 2. The van der Waals surface area contributed by atoms with Gasteiger partial charge in [-0.25, -0.2) is 4.98 Å². The second-order valence-corrected chi connectivity index (χ2v) is 8.30. The first kappa shape index (κ1) is 19.4. The Kier molecular flexibility index (Phi) is 5.19. The first-order valence-corrected chi connectivity index (χ1v) is 10.8. The van der Waals surface area contributed by atoms with E-state index in [0.29, 0.717) is 11.9 Å². The molecule has 0 fully saturated rings. The van der Waals surface area contributed by atoms with E-state index >= 15 is 0 Å². The quantitative estimate of drug-likeness (QED) is 0.318. The summed E-state index contributed by atoms with van der Waals surface area (Å²) in [4.78, 5) is 17.4. The molecule has 0 spiro atoms. The highest BCUT2D eigenvalue weighted by molar-refractivity contribution is 7.21. The summed E-state index contributed by atoms with van der Waals surface area (Å²) in [5.41, 5.74) is 5.02. The molecule has 3 aromatic carbocycles. The van der Waals surface area contributed by atoms with Crippen LogP contribution in [0.3, 0.4) is 0 Å². The van der Waals surface area contributed by atoms with E-state index in [1.807, 2.05) is 54.6 Å². The van der Waals surface area contributed by atoms with Gasteiger partial charge in [-0.15, -0.1) is 11.3 Å². The largest absolute Gasteiger partial charge is 0.324 e. The molecule has 0 radical (unpaired) electrons. The first-order valence-electron chi connectivity index (χ1n) is 9.61. The first-order chi connectivity index (χ1) is 15.1. The smallest absolute Gasteiger partial charge is 0.233 e. The van der Waals surface area contributed by atoms with Gasteiger partial charge in [0, 0.05) is 16.9 Å². The lowest BCUT2D eigenvalue weighted by Gasteiger charge is -2.08. The summed E-state index contributed by atoms with van der Waals surface area (Å²) < 4.78 is 1.19. The van der Waals surface area contributed by atoms with Crippen LogP contribution in [0, 0.1) is 6.92 Å². The van der Waals surface area contributed by atoms with E-state index in [-0.39, 0.29) is 5.28 Å². The molecule has 0 aliphatic rings. The predicted octanol–water partition coefficient (Wildman–Crippen LogP) is 6.60. The molecular weight excluding hydrogens is 428 g/mol. The Labute approximate surface area is 188 Å². The second kappa shape index (κ2) is 8.29. The van der Waals surface area contributed by atoms with Gasteiger partial charge in [-0.1, -0.05) is 24.3 Å². The van der Waals surface area contributed by atoms with E-state index in [4.69, 9.17) is 16.6 Å². The number of halogens is 1. The lowest BCUT2D eigenvalue weighted by Crippen LogP contribution is -2.03. The monoisotopic (exact) mass is 444 g/mol. The summed E-state index contributed by atoms with van der Waals surface area (Å²) in [5.74, 6) is 0.733. The number of para-hydroxylation sites is 1. The molecule has 0 amide bonds. The van der Waals surface area contributed by atoms with Gasteiger partial charge in [0.1, 0.15) is 5.01 Å². The minimum absolute atomic E-state index is 0.109. The van der Waals surface area contributed by atoms with E-state index in [1.165, 1.54) is 10.3 Å². The van der Waals surface area contributed by atoms with Crippen LogP contribution in [0.15, 0.2) is 72.8 Å². The molecule has 2 aromatic heterocycles. The Bertz CT molecular complexity index is 1350. The standard InChI is InChI=1S/C23H17ClN6S/c1-14-7-12-18-19(13-14)31-20(27-18)15-8-10-17(11-9-15)26-23-29-21(24)28-22(30-23)25-16-5-3-2-4-6-16/h2-13H,1H3,(H2,25,26,28,29,30). The number of anilines is 4. The van der Waals surface area contributed by atoms with Gasteiger partial charge in [0.2, 0.25) is 17.2 Å². The predicted molar refractivity (Wildman–Crippen MR) is 128 cm³/mol. The van der Waals surface area contributed by atoms with Crippen molar-refractivity contribution < 1.29 is 0 Å². The molecule has 0 unspecified atom stereocenters. The van der Waals surface area contributed by atoms with E-state index in [9.17, 15) is 0 Å². The maximum absolute atomic E-state index is 6.09. The summed E-state index contributed by atoms with van der Waals surface area (Å²) in [6.45, 7) is 2.09. The fourth-order valence-electron chi connectivity index (χ4n) is 3.09. The third-order valence-electron chi connectivity index (χ3n) is 4.57. The summed E-state index contributed by atoms with van der Waals surface area (Å²) >= 11 is 7.78. The van der Waals surface area contributed by atoms with Crippen molar-refractivity contribution in [1.29, 1.82) is 0 Å². The molecule has 5 rings (SSSR count). The molecular formula is C23H17ClN6S. The number of thiazole rings is 1. The molecule has 6 nitrogen and oxygen atoms in total. The molecule has 152 valence electrons. The molecule has 5 aromatic rings. The van der Waals surface area contributed by atoms with Crippen molar-refractivity contribution in [1.82, 2.24) is 19.9 Å². The minimum atomic E-state index is 0.109. The van der Waals surface area contributed by atoms with Crippen molar-refractivity contribution in [3.8, 4) is 10.6 Å². The van der Waals surface area contributed by atoms with Crippen LogP contribution >= 0.6 is 22.9 Å². The van der Waals surface area contributed by atoms with Gasteiger partial charge < -0.3 is 10.6 Å². The minimum Gasteiger partial charge on any atom is -0.324 e. The highest BCUT2D eigenvalue weighted by atomic mass is 35.5. The van der Waals surface area contributed by atoms with Crippen LogP contribution in [0.25, 0.3) is 20.8 Å². The maximum atomic E-state index is 6.09. The molecule has 2 N–H and O–H groups in total. The van der Waals surface area contributed by atoms with Crippen LogP contribution in [0.2, 0.25) is 5.28 Å². The number of nitrogens with zero attached hydrogens (tertiary/aromatic N) is 4. The third-order valence-corrected chi connectivity index (χ3v) is 5.81. The molecule has 0 aliphatic carbocycles. The average molecular weight is 445 g/mol. The van der Waals surface area contributed by atoms with Crippen molar-refractivity contribution in [2.75, 3.05) is 10.6 Å². The van der Waals surface area contributed by atoms with Crippen molar-refractivity contribution in [3.05, 3.63) is 83.6 Å². The van der Waals surface area contributed by atoms with Crippen LogP contribution in [0.5, 0.6) is 0 Å². The number of nitrogens with one attached hydrogen (secondary N) is 2. The zero-order valence-electron chi connectivity index (χ0n) is 16.5. The van der Waals surface area contributed by atoms with Gasteiger partial charge >= 0.3 is 0 Å². The molecule has 8 heteroatoms. The van der Waals surface area contributed by atoms with Gasteiger partial charge in [0.25, 0.3) is 0 Å². The molecule has 0 aliphatic heterocycles. The highest BCUT2D eigenvalue weighted by Crippen LogP contribution is 2.31. The highest BCUT2D eigenvalue weighted by Gasteiger charge is 2.09. The number of aromatic nitrogens is 4. The normalized spacial score (nSPS) is 10.9. The summed E-state index contributed by atoms with van der Waals surface area (Å²) in [5, 5.41) is 7.40. The molecule has 0 atom stereocenters. The Hall–Kier alpha value is -3.55. The van der Waals surface area contributed by atoms with Crippen molar-refractivity contribution in [3.63, 3.8) is 0 Å². The van der Waals surface area contributed by atoms with Gasteiger partial charge in [0.15, 0.2) is 0 Å².